The van der Waals surface area contributed by atoms with Gasteiger partial charge in [0.05, 0.1) is 0 Å². The van der Waals surface area contributed by atoms with Crippen LogP contribution in [0.4, 0.5) is 0 Å². The molecule has 1 rings (SSSR count). The predicted molar refractivity (Wildman–Crippen MR) is 68.2 cm³/mol. The highest BCUT2D eigenvalue weighted by Gasteiger charge is 2.93. The number of aliphatic hydroxyl groups is 12. The fourth-order valence-corrected chi connectivity index (χ4v) is 2.18. The van der Waals surface area contributed by atoms with Crippen LogP contribution in [0.3, 0.4) is 0 Å². The summed E-state index contributed by atoms with van der Waals surface area (Å²) in [7, 11) is 0. The van der Waals surface area contributed by atoms with Crippen LogP contribution in [0, 0.1) is 0 Å². The van der Waals surface area contributed by atoms with Crippen molar-refractivity contribution in [2.75, 3.05) is 0 Å². The summed E-state index contributed by atoms with van der Waals surface area (Å²) in [5, 5.41) is 113. The standard InChI is InChI=1S/C11H20O14/c1-3-5(25-11(21,22)23)4(2)24-10(20)8(16,17)6(12,13)7(14,15)9(10,18)19/h12-23H,3H2,1-2H3. The van der Waals surface area contributed by atoms with Crippen LogP contribution < -0.4 is 0 Å². The van der Waals surface area contributed by atoms with Gasteiger partial charge in [-0.25, -0.2) is 0 Å². The number of hydrogen-bond donors (Lipinski definition) is 12. The maximum Gasteiger partial charge on any atom is 0.452 e. The molecule has 0 bridgehead atoms. The lowest BCUT2D eigenvalue weighted by Crippen LogP contribution is -2.68. The Morgan fingerprint density at radius 3 is 1.40 bits per heavy atom. The van der Waals surface area contributed by atoms with E-state index < -0.39 is 46.6 Å². The quantitative estimate of drug-likeness (QED) is 0.157. The first-order valence-corrected chi connectivity index (χ1v) is 6.56. The molecule has 1 fully saturated rings. The Balaban J connectivity index is 3.49. The Hall–Kier alpha value is -1.14. The average Bonchev–Trinajstić information content (AvgIpc) is 2.45. The molecule has 12 N–H and O–H groups in total. The Morgan fingerprint density at radius 1 is 0.760 bits per heavy atom. The van der Waals surface area contributed by atoms with E-state index in [-0.39, 0.29) is 6.42 Å². The summed E-state index contributed by atoms with van der Waals surface area (Å²) < 4.78 is 8.61. The second kappa shape index (κ2) is 5.68. The van der Waals surface area contributed by atoms with Crippen molar-refractivity contribution >= 4 is 0 Å². The van der Waals surface area contributed by atoms with E-state index in [1.54, 1.807) is 0 Å². The summed E-state index contributed by atoms with van der Waals surface area (Å²) in [6, 6.07) is 0. The summed E-state index contributed by atoms with van der Waals surface area (Å²) >= 11 is 0. The van der Waals surface area contributed by atoms with Gasteiger partial charge >= 0.3 is 11.9 Å². The van der Waals surface area contributed by atoms with E-state index in [0.29, 0.717) is 0 Å². The van der Waals surface area contributed by atoms with Gasteiger partial charge in [0.1, 0.15) is 11.5 Å². The smallest absolute Gasteiger partial charge is 0.452 e. The van der Waals surface area contributed by atoms with Crippen molar-refractivity contribution in [3.63, 3.8) is 0 Å². The van der Waals surface area contributed by atoms with Gasteiger partial charge in [-0.15, -0.1) is 0 Å². The van der Waals surface area contributed by atoms with Crippen LogP contribution >= 0.6 is 0 Å². The second-order valence-electron chi connectivity index (χ2n) is 5.44. The highest BCUT2D eigenvalue weighted by atomic mass is 16.9. The molecule has 0 aliphatic heterocycles. The van der Waals surface area contributed by atoms with Gasteiger partial charge < -0.3 is 70.8 Å². The molecule has 0 saturated heterocycles. The van der Waals surface area contributed by atoms with Crippen molar-refractivity contribution in [1.29, 1.82) is 0 Å². The van der Waals surface area contributed by atoms with Gasteiger partial charge in [-0.3, -0.25) is 0 Å². The number of allylic oxidation sites excluding steroid dienone is 2. The zero-order chi connectivity index (χ0) is 20.3. The molecule has 14 nitrogen and oxygen atoms in total. The first kappa shape index (κ1) is 21.9. The van der Waals surface area contributed by atoms with Gasteiger partial charge in [0, 0.05) is 6.42 Å². The minimum atomic E-state index is -4.56. The average molecular weight is 376 g/mol. The fraction of sp³-hybridized carbons (Fsp3) is 0.818. The van der Waals surface area contributed by atoms with Gasteiger partial charge in [0.15, 0.2) is 0 Å². The van der Waals surface area contributed by atoms with Crippen LogP contribution in [0.25, 0.3) is 0 Å². The molecule has 0 spiro atoms. The first-order chi connectivity index (χ1) is 10.8. The van der Waals surface area contributed by atoms with Crippen LogP contribution in [0.5, 0.6) is 0 Å². The molecular weight excluding hydrogens is 356 g/mol. The maximum atomic E-state index is 10.1. The van der Waals surface area contributed by atoms with Crippen LogP contribution in [0.2, 0.25) is 0 Å². The SMILES string of the molecule is CCC(OC(O)(O)O)=C(C)OC1(O)C(O)(O)C(O)(O)C(O)(O)C1(O)O. The summed E-state index contributed by atoms with van der Waals surface area (Å²) in [4.78, 5) is 0. The van der Waals surface area contributed by atoms with Crippen molar-refractivity contribution in [1.82, 2.24) is 0 Å². The minimum absolute atomic E-state index is 0.328. The molecule has 0 aromatic carbocycles. The van der Waals surface area contributed by atoms with E-state index in [9.17, 15) is 46.0 Å². The normalized spacial score (nSPS) is 26.8. The lowest BCUT2D eigenvalue weighted by atomic mass is 10.0. The molecule has 1 saturated carbocycles. The molecule has 148 valence electrons. The number of ether oxygens (including phenoxy) is 2. The molecule has 14 heteroatoms. The third-order valence-electron chi connectivity index (χ3n) is 3.68. The Kier molecular flexibility index (Phi) is 4.97. The lowest BCUT2D eigenvalue weighted by molar-refractivity contribution is -0.459. The van der Waals surface area contributed by atoms with E-state index in [2.05, 4.69) is 9.47 Å². The molecule has 25 heavy (non-hydrogen) atoms. The van der Waals surface area contributed by atoms with E-state index in [0.717, 1.165) is 6.92 Å². The van der Waals surface area contributed by atoms with Crippen molar-refractivity contribution < 1.29 is 70.8 Å². The number of rotatable bonds is 5. The monoisotopic (exact) mass is 376 g/mol. The summed E-state index contributed by atoms with van der Waals surface area (Å²) in [5.74, 6) is -24.1. The predicted octanol–water partition coefficient (Wildman–Crippen LogP) is -6.32. The lowest BCUT2D eigenvalue weighted by Gasteiger charge is -2.39. The molecule has 0 radical (unpaired) electrons. The van der Waals surface area contributed by atoms with Crippen LogP contribution in [-0.2, 0) is 9.47 Å². The maximum absolute atomic E-state index is 10.1. The summed E-state index contributed by atoms with van der Waals surface area (Å²) in [6.07, 6.45) is -4.07. The third-order valence-corrected chi connectivity index (χ3v) is 3.68. The van der Waals surface area contributed by atoms with Gasteiger partial charge in [0.2, 0.25) is 0 Å². The first-order valence-electron chi connectivity index (χ1n) is 6.56. The highest BCUT2D eigenvalue weighted by Crippen LogP contribution is 2.55. The second-order valence-corrected chi connectivity index (χ2v) is 5.44. The van der Waals surface area contributed by atoms with E-state index in [4.69, 9.17) is 15.3 Å². The van der Waals surface area contributed by atoms with Crippen LogP contribution in [0.15, 0.2) is 11.5 Å². The van der Waals surface area contributed by atoms with Crippen LogP contribution in [0.1, 0.15) is 20.3 Å². The molecule has 0 aromatic heterocycles. The van der Waals surface area contributed by atoms with E-state index >= 15 is 0 Å². The molecule has 0 atom stereocenters. The highest BCUT2D eigenvalue weighted by molar-refractivity contribution is 5.22. The molecule has 0 amide bonds. The molecule has 1 aliphatic rings. The van der Waals surface area contributed by atoms with Crippen molar-refractivity contribution in [3.8, 4) is 0 Å². The summed E-state index contributed by atoms with van der Waals surface area (Å²) in [5.41, 5.74) is 0. The van der Waals surface area contributed by atoms with E-state index in [1.807, 2.05) is 0 Å². The zero-order valence-corrected chi connectivity index (χ0v) is 12.9. The van der Waals surface area contributed by atoms with Crippen molar-refractivity contribution in [2.45, 2.75) is 55.4 Å². The summed E-state index contributed by atoms with van der Waals surface area (Å²) in [6.45, 7) is 2.08. The van der Waals surface area contributed by atoms with Gasteiger partial charge in [-0.05, 0) is 6.92 Å². The Bertz CT molecular complexity index is 528. The fourth-order valence-electron chi connectivity index (χ4n) is 2.18. The minimum Gasteiger partial charge on any atom is -0.453 e. The van der Waals surface area contributed by atoms with Gasteiger partial charge in [-0.2, -0.15) is 0 Å². The zero-order valence-electron chi connectivity index (χ0n) is 12.9. The van der Waals surface area contributed by atoms with Gasteiger partial charge in [-0.1, -0.05) is 6.92 Å². The van der Waals surface area contributed by atoms with E-state index in [1.165, 1.54) is 6.92 Å². The van der Waals surface area contributed by atoms with Gasteiger partial charge in [0.25, 0.3) is 23.1 Å². The Labute approximate surface area is 138 Å². The molecule has 0 heterocycles. The van der Waals surface area contributed by atoms with Crippen molar-refractivity contribution in [2.24, 2.45) is 0 Å². The molecule has 0 aromatic rings. The topological polar surface area (TPSA) is 261 Å². The molecule has 0 unspecified atom stereocenters. The largest absolute Gasteiger partial charge is 0.453 e. The molecular formula is C11H20O14. The molecule has 1 aliphatic carbocycles. The van der Waals surface area contributed by atoms with Crippen LogP contribution in [-0.4, -0.2) is 96.4 Å². The van der Waals surface area contributed by atoms with Crippen molar-refractivity contribution in [3.05, 3.63) is 11.5 Å². The Morgan fingerprint density at radius 2 is 1.12 bits per heavy atom. The third kappa shape index (κ3) is 2.78. The number of hydrogen-bond acceptors (Lipinski definition) is 14.